The molecule has 48 heavy (non-hydrogen) atoms. The third-order valence-electron chi connectivity index (χ3n) is 8.95. The molecule has 10 aromatic rings. The predicted octanol–water partition coefficient (Wildman–Crippen LogP) is 11.4. The SMILES string of the molecule is c1ccc(-c2nc(-c3ccccc3)nc(-c3cc(-c4cccc5sc6ccccc6c45)cc4oc5cc6cccnc6cc5c34)n2)cc1. The van der Waals surface area contributed by atoms with E-state index in [0.717, 1.165) is 60.7 Å². The van der Waals surface area contributed by atoms with Crippen molar-refractivity contribution in [3.63, 3.8) is 0 Å². The molecule has 0 atom stereocenters. The van der Waals surface area contributed by atoms with Crippen molar-refractivity contribution in [1.82, 2.24) is 19.9 Å². The van der Waals surface area contributed by atoms with Gasteiger partial charge in [0.2, 0.25) is 0 Å². The first kappa shape index (κ1) is 26.9. The summed E-state index contributed by atoms with van der Waals surface area (Å²) < 4.78 is 9.21. The Morgan fingerprint density at radius 2 is 1.17 bits per heavy atom. The lowest BCUT2D eigenvalue weighted by Crippen LogP contribution is -2.00. The number of rotatable bonds is 4. The molecule has 224 valence electrons. The highest BCUT2D eigenvalue weighted by Crippen LogP contribution is 2.44. The zero-order valence-corrected chi connectivity index (χ0v) is 26.3. The van der Waals surface area contributed by atoms with E-state index < -0.39 is 0 Å². The smallest absolute Gasteiger partial charge is 0.164 e. The summed E-state index contributed by atoms with van der Waals surface area (Å²) in [5, 5.41) is 5.43. The quantitative estimate of drug-likeness (QED) is 0.193. The molecule has 0 saturated heterocycles. The van der Waals surface area contributed by atoms with Crippen LogP contribution in [0.1, 0.15) is 0 Å². The summed E-state index contributed by atoms with van der Waals surface area (Å²) in [7, 11) is 0. The van der Waals surface area contributed by atoms with Crippen LogP contribution in [-0.4, -0.2) is 19.9 Å². The molecule has 0 fully saturated rings. The third kappa shape index (κ3) is 4.31. The molecule has 0 radical (unpaired) electrons. The number of hydrogen-bond donors (Lipinski definition) is 0. The van der Waals surface area contributed by atoms with Crippen LogP contribution in [0.25, 0.3) is 98.3 Å². The van der Waals surface area contributed by atoms with Crippen LogP contribution in [0.5, 0.6) is 0 Å². The van der Waals surface area contributed by atoms with Gasteiger partial charge in [-0.25, -0.2) is 15.0 Å². The first-order valence-electron chi connectivity index (χ1n) is 15.8. The van der Waals surface area contributed by atoms with Gasteiger partial charge in [0.1, 0.15) is 11.2 Å². The van der Waals surface area contributed by atoms with Crippen molar-refractivity contribution in [1.29, 1.82) is 0 Å². The van der Waals surface area contributed by atoms with Gasteiger partial charge in [-0.3, -0.25) is 4.98 Å². The van der Waals surface area contributed by atoms with Crippen LogP contribution in [0.3, 0.4) is 0 Å². The zero-order chi connectivity index (χ0) is 31.6. The van der Waals surface area contributed by atoms with Crippen molar-refractivity contribution < 1.29 is 4.42 Å². The van der Waals surface area contributed by atoms with E-state index in [1.54, 1.807) is 0 Å². The number of nitrogens with zero attached hydrogens (tertiary/aromatic N) is 4. The Hall–Kier alpha value is -6.24. The van der Waals surface area contributed by atoms with Gasteiger partial charge in [-0.15, -0.1) is 11.3 Å². The monoisotopic (exact) mass is 632 g/mol. The maximum Gasteiger partial charge on any atom is 0.164 e. The molecule has 0 unspecified atom stereocenters. The highest BCUT2D eigenvalue weighted by molar-refractivity contribution is 7.25. The Morgan fingerprint density at radius 3 is 1.96 bits per heavy atom. The lowest BCUT2D eigenvalue weighted by atomic mass is 9.95. The first-order chi connectivity index (χ1) is 23.8. The van der Waals surface area contributed by atoms with E-state index in [-0.39, 0.29) is 0 Å². The minimum Gasteiger partial charge on any atom is -0.456 e. The summed E-state index contributed by atoms with van der Waals surface area (Å²) in [6.45, 7) is 0. The van der Waals surface area contributed by atoms with Crippen LogP contribution in [0.15, 0.2) is 150 Å². The van der Waals surface area contributed by atoms with Gasteiger partial charge >= 0.3 is 0 Å². The Bertz CT molecular complexity index is 2780. The second-order valence-corrected chi connectivity index (χ2v) is 12.9. The van der Waals surface area contributed by atoms with Crippen molar-refractivity contribution in [2.24, 2.45) is 0 Å². The molecule has 10 rings (SSSR count). The minimum absolute atomic E-state index is 0.584. The molecule has 0 amide bonds. The molecule has 4 aromatic heterocycles. The standard InChI is InChI=1S/C42H24N4OS/c1-3-11-25(12-4-1)40-44-41(26-13-5-2-6-14-26)46-42(45-40)32-21-28(29-17-9-19-37-39(29)30-16-7-8-18-36(30)48-37)23-35-38(32)31-24-33-27(15-10-20-43-33)22-34(31)47-35/h1-24H. The number of pyridine rings is 1. The largest absolute Gasteiger partial charge is 0.456 e. The van der Waals surface area contributed by atoms with Gasteiger partial charge in [-0.2, -0.15) is 0 Å². The van der Waals surface area contributed by atoms with E-state index in [1.807, 2.05) is 84.3 Å². The predicted molar refractivity (Wildman–Crippen MR) is 197 cm³/mol. The molecule has 6 aromatic carbocycles. The van der Waals surface area contributed by atoms with Crippen LogP contribution in [0, 0.1) is 0 Å². The molecule has 0 saturated carbocycles. The van der Waals surface area contributed by atoms with E-state index in [0.29, 0.717) is 17.5 Å². The molecule has 0 aliphatic carbocycles. The van der Waals surface area contributed by atoms with Gasteiger partial charge in [-0.05, 0) is 53.6 Å². The highest BCUT2D eigenvalue weighted by atomic mass is 32.1. The molecule has 5 nitrogen and oxygen atoms in total. The Morgan fingerprint density at radius 1 is 0.458 bits per heavy atom. The maximum absolute atomic E-state index is 6.70. The van der Waals surface area contributed by atoms with Crippen molar-refractivity contribution in [3.05, 3.63) is 146 Å². The average molecular weight is 633 g/mol. The van der Waals surface area contributed by atoms with Crippen LogP contribution >= 0.6 is 11.3 Å². The topological polar surface area (TPSA) is 64.7 Å². The van der Waals surface area contributed by atoms with E-state index in [4.69, 9.17) is 19.4 Å². The summed E-state index contributed by atoms with van der Waals surface area (Å²) >= 11 is 1.82. The lowest BCUT2D eigenvalue weighted by Gasteiger charge is -2.12. The summed E-state index contributed by atoms with van der Waals surface area (Å²) in [6, 6.07) is 47.9. The van der Waals surface area contributed by atoms with Gasteiger partial charge in [0.25, 0.3) is 0 Å². The Labute approximate surface area is 278 Å². The Kier molecular flexibility index (Phi) is 5.98. The van der Waals surface area contributed by atoms with Gasteiger partial charge in [0, 0.05) is 59.2 Å². The third-order valence-corrected chi connectivity index (χ3v) is 10.1. The molecule has 0 spiro atoms. The number of fused-ring (bicyclic) bond motifs is 7. The number of aromatic nitrogens is 4. The molecule has 0 aliphatic heterocycles. The van der Waals surface area contributed by atoms with Crippen molar-refractivity contribution in [3.8, 4) is 45.3 Å². The average Bonchev–Trinajstić information content (AvgIpc) is 3.72. The second kappa shape index (κ2) is 10.7. The Balaban J connectivity index is 1.32. The van der Waals surface area contributed by atoms with Crippen LogP contribution in [-0.2, 0) is 0 Å². The fraction of sp³-hybridized carbons (Fsp3) is 0. The minimum atomic E-state index is 0.584. The number of hydrogen-bond acceptors (Lipinski definition) is 6. The van der Waals surface area contributed by atoms with Crippen LogP contribution in [0.4, 0.5) is 0 Å². The normalized spacial score (nSPS) is 11.8. The van der Waals surface area contributed by atoms with E-state index in [9.17, 15) is 0 Å². The molecule has 0 N–H and O–H groups in total. The summed E-state index contributed by atoms with van der Waals surface area (Å²) in [4.78, 5) is 19.9. The molecule has 0 bridgehead atoms. The van der Waals surface area contributed by atoms with Gasteiger partial charge < -0.3 is 4.42 Å². The van der Waals surface area contributed by atoms with Crippen molar-refractivity contribution >= 4 is 64.4 Å². The molecular formula is C42H24N4OS. The fourth-order valence-corrected chi connectivity index (χ4v) is 7.88. The van der Waals surface area contributed by atoms with Gasteiger partial charge in [0.05, 0.1) is 5.52 Å². The number of furan rings is 1. The molecule has 6 heteroatoms. The van der Waals surface area contributed by atoms with Crippen LogP contribution < -0.4 is 0 Å². The summed E-state index contributed by atoms with van der Waals surface area (Å²) in [5.41, 5.74) is 7.38. The second-order valence-electron chi connectivity index (χ2n) is 11.9. The molecular weight excluding hydrogens is 609 g/mol. The van der Waals surface area contributed by atoms with Crippen molar-refractivity contribution in [2.45, 2.75) is 0 Å². The summed E-state index contributed by atoms with van der Waals surface area (Å²) in [6.07, 6.45) is 1.82. The maximum atomic E-state index is 6.70. The fourth-order valence-electron chi connectivity index (χ4n) is 6.75. The lowest BCUT2D eigenvalue weighted by molar-refractivity contribution is 0.669. The summed E-state index contributed by atoms with van der Waals surface area (Å²) in [5.74, 6) is 1.81. The highest BCUT2D eigenvalue weighted by Gasteiger charge is 2.21. The van der Waals surface area contributed by atoms with Gasteiger partial charge in [0.15, 0.2) is 17.5 Å². The molecule has 4 heterocycles. The van der Waals surface area contributed by atoms with E-state index in [2.05, 4.69) is 77.8 Å². The first-order valence-corrected chi connectivity index (χ1v) is 16.6. The van der Waals surface area contributed by atoms with E-state index >= 15 is 0 Å². The number of thiophene rings is 1. The van der Waals surface area contributed by atoms with Gasteiger partial charge in [-0.1, -0.05) is 97.1 Å². The number of benzene rings is 6. The van der Waals surface area contributed by atoms with Crippen molar-refractivity contribution in [2.75, 3.05) is 0 Å². The van der Waals surface area contributed by atoms with E-state index in [1.165, 1.54) is 20.2 Å². The zero-order valence-electron chi connectivity index (χ0n) is 25.5. The van der Waals surface area contributed by atoms with Crippen LogP contribution in [0.2, 0.25) is 0 Å². The molecule has 0 aliphatic rings.